The summed E-state index contributed by atoms with van der Waals surface area (Å²) in [5, 5.41) is 3.06. The molecule has 1 aliphatic rings. The molecule has 1 atom stereocenters. The van der Waals surface area contributed by atoms with E-state index < -0.39 is 0 Å². The topological polar surface area (TPSA) is 67.4 Å². The van der Waals surface area contributed by atoms with Crippen molar-refractivity contribution in [2.24, 2.45) is 0 Å². The fraction of sp³-hybridized carbons (Fsp3) is 0.389. The molecule has 24 heavy (non-hydrogen) atoms. The zero-order valence-electron chi connectivity index (χ0n) is 13.8. The lowest BCUT2D eigenvalue weighted by Crippen LogP contribution is -2.36. The predicted octanol–water partition coefficient (Wildman–Crippen LogP) is 2.19. The van der Waals surface area contributed by atoms with Gasteiger partial charge in [-0.15, -0.1) is 0 Å². The Morgan fingerprint density at radius 1 is 1.25 bits per heavy atom. The number of hydrogen-bond donors (Lipinski definition) is 1. The number of nitrogens with one attached hydrogen (secondary N) is 1. The van der Waals surface area contributed by atoms with Crippen LogP contribution in [-0.4, -0.2) is 42.2 Å². The summed E-state index contributed by atoms with van der Waals surface area (Å²) < 4.78 is 5.37. The lowest BCUT2D eigenvalue weighted by molar-refractivity contribution is 0.0930. The van der Waals surface area contributed by atoms with Crippen LogP contribution >= 0.6 is 0 Å². The van der Waals surface area contributed by atoms with Crippen LogP contribution in [0.25, 0.3) is 0 Å². The molecule has 1 N–H and O–H groups in total. The molecule has 6 heteroatoms. The van der Waals surface area contributed by atoms with Gasteiger partial charge >= 0.3 is 0 Å². The normalized spacial score (nSPS) is 15.8. The monoisotopic (exact) mass is 326 g/mol. The molecule has 1 unspecified atom stereocenters. The minimum atomic E-state index is -0.159. The summed E-state index contributed by atoms with van der Waals surface area (Å²) in [5.74, 6) is -0.159. The second-order valence-electron chi connectivity index (χ2n) is 5.71. The number of aromatic nitrogens is 2. The SMILES string of the molecule is CCC(NC(=O)c1cc(N2CCOCC2)ccn1)c1ccncc1. The van der Waals surface area contributed by atoms with Gasteiger partial charge < -0.3 is 15.0 Å². The van der Waals surface area contributed by atoms with E-state index in [4.69, 9.17) is 4.74 Å². The van der Waals surface area contributed by atoms with Crippen molar-refractivity contribution in [3.8, 4) is 0 Å². The van der Waals surface area contributed by atoms with Gasteiger partial charge in [0.2, 0.25) is 0 Å². The summed E-state index contributed by atoms with van der Waals surface area (Å²) in [6.45, 7) is 5.13. The summed E-state index contributed by atoms with van der Waals surface area (Å²) in [7, 11) is 0. The third-order valence-corrected chi connectivity index (χ3v) is 4.17. The van der Waals surface area contributed by atoms with Gasteiger partial charge in [-0.05, 0) is 36.2 Å². The lowest BCUT2D eigenvalue weighted by Gasteiger charge is -2.29. The van der Waals surface area contributed by atoms with Gasteiger partial charge in [0.1, 0.15) is 5.69 Å². The molecule has 1 fully saturated rings. The molecular formula is C18H22N4O2. The zero-order chi connectivity index (χ0) is 16.8. The first kappa shape index (κ1) is 16.4. The number of anilines is 1. The largest absolute Gasteiger partial charge is 0.378 e. The molecule has 0 spiro atoms. The molecule has 126 valence electrons. The molecule has 3 heterocycles. The summed E-state index contributed by atoms with van der Waals surface area (Å²) >= 11 is 0. The number of pyridine rings is 2. The number of carbonyl (C=O) groups excluding carboxylic acids is 1. The van der Waals surface area contributed by atoms with Crippen molar-refractivity contribution in [3.63, 3.8) is 0 Å². The minimum Gasteiger partial charge on any atom is -0.378 e. The average Bonchev–Trinajstić information content (AvgIpc) is 2.67. The van der Waals surface area contributed by atoms with E-state index in [1.807, 2.05) is 31.2 Å². The van der Waals surface area contributed by atoms with E-state index in [9.17, 15) is 4.79 Å². The summed E-state index contributed by atoms with van der Waals surface area (Å²) in [4.78, 5) is 23.1. The summed E-state index contributed by atoms with van der Waals surface area (Å²) in [5.41, 5.74) is 2.49. The molecule has 1 aliphatic heterocycles. The van der Waals surface area contributed by atoms with Crippen LogP contribution in [0.3, 0.4) is 0 Å². The molecule has 0 saturated carbocycles. The third kappa shape index (κ3) is 3.89. The Kier molecular flexibility index (Phi) is 5.38. The Hall–Kier alpha value is -2.47. The summed E-state index contributed by atoms with van der Waals surface area (Å²) in [6, 6.07) is 7.58. The molecule has 0 aromatic carbocycles. The van der Waals surface area contributed by atoms with Crippen molar-refractivity contribution in [1.82, 2.24) is 15.3 Å². The van der Waals surface area contributed by atoms with Gasteiger partial charge in [-0.3, -0.25) is 14.8 Å². The molecular weight excluding hydrogens is 304 g/mol. The van der Waals surface area contributed by atoms with E-state index in [1.165, 1.54) is 0 Å². The van der Waals surface area contributed by atoms with Gasteiger partial charge in [-0.2, -0.15) is 0 Å². The first-order valence-corrected chi connectivity index (χ1v) is 8.27. The van der Waals surface area contributed by atoms with Crippen LogP contribution in [-0.2, 0) is 4.74 Å². The van der Waals surface area contributed by atoms with E-state index >= 15 is 0 Å². The highest BCUT2D eigenvalue weighted by Crippen LogP contribution is 2.18. The first-order chi connectivity index (χ1) is 11.8. The van der Waals surface area contributed by atoms with Crippen LogP contribution in [0.5, 0.6) is 0 Å². The van der Waals surface area contributed by atoms with Gasteiger partial charge in [0.05, 0.1) is 19.3 Å². The third-order valence-electron chi connectivity index (χ3n) is 4.17. The highest BCUT2D eigenvalue weighted by Gasteiger charge is 2.17. The molecule has 1 saturated heterocycles. The predicted molar refractivity (Wildman–Crippen MR) is 92.0 cm³/mol. The Morgan fingerprint density at radius 2 is 2.00 bits per heavy atom. The number of hydrogen-bond acceptors (Lipinski definition) is 5. The molecule has 6 nitrogen and oxygen atoms in total. The van der Waals surface area contributed by atoms with E-state index in [0.717, 1.165) is 30.8 Å². The van der Waals surface area contributed by atoms with Crippen molar-refractivity contribution < 1.29 is 9.53 Å². The van der Waals surface area contributed by atoms with Gasteiger partial charge in [-0.25, -0.2) is 0 Å². The Labute approximate surface area is 141 Å². The van der Waals surface area contributed by atoms with Crippen LogP contribution in [0.4, 0.5) is 5.69 Å². The smallest absolute Gasteiger partial charge is 0.270 e. The maximum Gasteiger partial charge on any atom is 0.270 e. The van der Waals surface area contributed by atoms with Crippen LogP contribution < -0.4 is 10.2 Å². The van der Waals surface area contributed by atoms with Gasteiger partial charge in [0.25, 0.3) is 5.91 Å². The van der Waals surface area contributed by atoms with Crippen molar-refractivity contribution in [2.45, 2.75) is 19.4 Å². The Balaban J connectivity index is 1.72. The van der Waals surface area contributed by atoms with Gasteiger partial charge in [0.15, 0.2) is 0 Å². The van der Waals surface area contributed by atoms with Gasteiger partial charge in [0, 0.05) is 37.4 Å². The standard InChI is InChI=1S/C18H22N4O2/c1-2-16(14-3-6-19-7-4-14)21-18(23)17-13-15(5-8-20-17)22-9-11-24-12-10-22/h3-8,13,16H,2,9-12H2,1H3,(H,21,23). The number of ether oxygens (including phenoxy) is 1. The molecule has 0 bridgehead atoms. The molecule has 2 aromatic heterocycles. The fourth-order valence-electron chi connectivity index (χ4n) is 2.81. The minimum absolute atomic E-state index is 0.0469. The molecule has 1 amide bonds. The fourth-order valence-corrected chi connectivity index (χ4v) is 2.81. The number of amides is 1. The quantitative estimate of drug-likeness (QED) is 0.912. The number of nitrogens with zero attached hydrogens (tertiary/aromatic N) is 3. The van der Waals surface area contributed by atoms with Crippen LogP contribution in [0.1, 0.15) is 35.4 Å². The maximum atomic E-state index is 12.6. The van der Waals surface area contributed by atoms with Crippen LogP contribution in [0, 0.1) is 0 Å². The Bertz CT molecular complexity index is 672. The number of carbonyl (C=O) groups is 1. The number of morpholine rings is 1. The maximum absolute atomic E-state index is 12.6. The van der Waals surface area contributed by atoms with Crippen molar-refractivity contribution >= 4 is 11.6 Å². The van der Waals surface area contributed by atoms with Crippen molar-refractivity contribution in [2.75, 3.05) is 31.2 Å². The zero-order valence-corrected chi connectivity index (χ0v) is 13.8. The van der Waals surface area contributed by atoms with Crippen LogP contribution in [0.15, 0.2) is 42.9 Å². The van der Waals surface area contributed by atoms with E-state index in [-0.39, 0.29) is 11.9 Å². The highest BCUT2D eigenvalue weighted by atomic mass is 16.5. The highest BCUT2D eigenvalue weighted by molar-refractivity contribution is 5.93. The van der Waals surface area contributed by atoms with Gasteiger partial charge in [-0.1, -0.05) is 6.92 Å². The molecule has 0 aliphatic carbocycles. The van der Waals surface area contributed by atoms with Crippen molar-refractivity contribution in [3.05, 3.63) is 54.1 Å². The molecule has 2 aromatic rings. The second kappa shape index (κ2) is 7.88. The lowest BCUT2D eigenvalue weighted by atomic mass is 10.1. The molecule has 3 rings (SSSR count). The summed E-state index contributed by atoms with van der Waals surface area (Å²) in [6.07, 6.45) is 5.97. The van der Waals surface area contributed by atoms with E-state index in [2.05, 4.69) is 20.2 Å². The Morgan fingerprint density at radius 3 is 2.71 bits per heavy atom. The van der Waals surface area contributed by atoms with E-state index in [1.54, 1.807) is 18.6 Å². The van der Waals surface area contributed by atoms with E-state index in [0.29, 0.717) is 18.9 Å². The van der Waals surface area contributed by atoms with Crippen molar-refractivity contribution in [1.29, 1.82) is 0 Å². The molecule has 0 radical (unpaired) electrons. The number of rotatable bonds is 5. The second-order valence-corrected chi connectivity index (χ2v) is 5.71. The average molecular weight is 326 g/mol. The van der Waals surface area contributed by atoms with Crippen LogP contribution in [0.2, 0.25) is 0 Å². The first-order valence-electron chi connectivity index (χ1n) is 8.27.